The third-order valence-corrected chi connectivity index (χ3v) is 5.46. The highest BCUT2D eigenvalue weighted by Crippen LogP contribution is 2.27. The second kappa shape index (κ2) is 11.8. The third kappa shape index (κ3) is 7.95. The zero-order valence-electron chi connectivity index (χ0n) is 16.8. The van der Waals surface area contributed by atoms with Crippen LogP contribution >= 0.6 is 23.4 Å². The number of nitrogens with one attached hydrogen (secondary N) is 2. The number of hydrogen-bond acceptors (Lipinski definition) is 5. The number of rotatable bonds is 10. The summed E-state index contributed by atoms with van der Waals surface area (Å²) in [5.41, 5.74) is -0.476. The first kappa shape index (κ1) is 24.8. The molecule has 0 saturated carbocycles. The van der Waals surface area contributed by atoms with E-state index in [1.54, 1.807) is 36.0 Å². The van der Waals surface area contributed by atoms with E-state index in [4.69, 9.17) is 21.7 Å². The van der Waals surface area contributed by atoms with Gasteiger partial charge in [0.05, 0.1) is 16.3 Å². The lowest BCUT2D eigenvalue weighted by atomic mass is 10.1. The quantitative estimate of drug-likeness (QED) is 0.231. The Hall–Kier alpha value is -2.45. The number of alkyl halides is 3. The molecule has 166 valence electrons. The van der Waals surface area contributed by atoms with Crippen LogP contribution in [0.1, 0.15) is 29.3 Å². The summed E-state index contributed by atoms with van der Waals surface area (Å²) in [4.78, 5) is 12.1. The molecule has 0 unspecified atom stereocenters. The van der Waals surface area contributed by atoms with Crippen LogP contribution in [0.4, 0.5) is 18.9 Å². The van der Waals surface area contributed by atoms with E-state index < -0.39 is 17.9 Å². The molecule has 0 aliphatic heterocycles. The molecule has 2 N–H and O–H groups in total. The Bertz CT molecular complexity index is 931. The van der Waals surface area contributed by atoms with Gasteiger partial charge in [-0.25, -0.2) is 4.79 Å². The standard InChI is InChI=1S/C22H22ClF3N2O2S/c1-2-12-31-13-11-30-21(29)16-9-7-15(8-10-16)19(14-20(27)22(24,25)26)28-18-6-4-3-5-17(18)23/h3-10,14,27-28H,2,11-13H2,1H3/b19-14-,27-20?. The largest absolute Gasteiger partial charge is 0.461 e. The fraction of sp³-hybridized carbons (Fsp3) is 0.273. The topological polar surface area (TPSA) is 62.2 Å². The lowest BCUT2D eigenvalue weighted by molar-refractivity contribution is -0.0583. The van der Waals surface area contributed by atoms with Crippen LogP contribution in [0.15, 0.2) is 54.6 Å². The number of anilines is 1. The van der Waals surface area contributed by atoms with Crippen molar-refractivity contribution < 1.29 is 22.7 Å². The molecule has 4 nitrogen and oxygen atoms in total. The van der Waals surface area contributed by atoms with Gasteiger partial charge in [0, 0.05) is 11.4 Å². The van der Waals surface area contributed by atoms with Crippen LogP contribution in [-0.4, -0.2) is 36.0 Å². The molecule has 0 radical (unpaired) electrons. The summed E-state index contributed by atoms with van der Waals surface area (Å²) in [7, 11) is 0. The monoisotopic (exact) mass is 470 g/mol. The molecular formula is C22H22ClF3N2O2S. The maximum atomic E-state index is 12.9. The number of hydrogen-bond donors (Lipinski definition) is 2. The first-order valence-electron chi connectivity index (χ1n) is 9.46. The predicted octanol–water partition coefficient (Wildman–Crippen LogP) is 6.68. The zero-order chi connectivity index (χ0) is 22.9. The second-order valence-electron chi connectivity index (χ2n) is 6.40. The van der Waals surface area contributed by atoms with Crippen LogP contribution in [0.5, 0.6) is 0 Å². The molecule has 0 saturated heterocycles. The number of para-hydroxylation sites is 1. The van der Waals surface area contributed by atoms with Crippen LogP contribution in [-0.2, 0) is 4.74 Å². The average Bonchev–Trinajstić information content (AvgIpc) is 2.74. The van der Waals surface area contributed by atoms with Crippen LogP contribution in [0, 0.1) is 5.41 Å². The lowest BCUT2D eigenvalue weighted by Gasteiger charge is -2.15. The van der Waals surface area contributed by atoms with Gasteiger partial charge >= 0.3 is 12.1 Å². The summed E-state index contributed by atoms with van der Waals surface area (Å²) in [5.74, 6) is 1.19. The molecule has 9 heteroatoms. The molecule has 2 aromatic rings. The molecule has 0 bridgehead atoms. The van der Waals surface area contributed by atoms with Crippen LogP contribution in [0.3, 0.4) is 0 Å². The number of thioether (sulfide) groups is 1. The molecule has 31 heavy (non-hydrogen) atoms. The molecular weight excluding hydrogens is 449 g/mol. The second-order valence-corrected chi connectivity index (χ2v) is 8.03. The molecule has 0 amide bonds. The summed E-state index contributed by atoms with van der Waals surface area (Å²) in [6.45, 7) is 2.35. The van der Waals surface area contributed by atoms with E-state index in [9.17, 15) is 18.0 Å². The minimum absolute atomic E-state index is 0.0197. The van der Waals surface area contributed by atoms with Gasteiger partial charge in [-0.1, -0.05) is 42.8 Å². The summed E-state index contributed by atoms with van der Waals surface area (Å²) in [6.07, 6.45) is -3.07. The molecule has 2 rings (SSSR count). The first-order valence-corrected chi connectivity index (χ1v) is 11.0. The third-order valence-electron chi connectivity index (χ3n) is 3.98. The first-order chi connectivity index (χ1) is 14.7. The fourth-order valence-electron chi connectivity index (χ4n) is 2.43. The van der Waals surface area contributed by atoms with Crippen molar-refractivity contribution in [1.82, 2.24) is 0 Å². The van der Waals surface area contributed by atoms with Gasteiger partial charge in [0.1, 0.15) is 12.3 Å². The van der Waals surface area contributed by atoms with Gasteiger partial charge in [-0.15, -0.1) is 0 Å². The fourth-order valence-corrected chi connectivity index (χ4v) is 3.31. The van der Waals surface area contributed by atoms with E-state index in [1.165, 1.54) is 24.3 Å². The Morgan fingerprint density at radius 2 is 1.77 bits per heavy atom. The number of carbonyl (C=O) groups is 1. The smallest absolute Gasteiger partial charge is 0.432 e. The van der Waals surface area contributed by atoms with Gasteiger partial charge in [-0.3, -0.25) is 5.41 Å². The number of carbonyl (C=O) groups excluding carboxylic acids is 1. The van der Waals surface area contributed by atoms with Gasteiger partial charge in [0.15, 0.2) is 0 Å². The van der Waals surface area contributed by atoms with Crippen molar-refractivity contribution in [1.29, 1.82) is 5.41 Å². The van der Waals surface area contributed by atoms with Gasteiger partial charge in [0.2, 0.25) is 0 Å². The van der Waals surface area contributed by atoms with E-state index in [1.807, 2.05) is 0 Å². The van der Waals surface area contributed by atoms with Gasteiger partial charge in [-0.05, 0) is 48.1 Å². The summed E-state index contributed by atoms with van der Waals surface area (Å²) in [5, 5.41) is 10.5. The van der Waals surface area contributed by atoms with Crippen molar-refractivity contribution in [3.63, 3.8) is 0 Å². The van der Waals surface area contributed by atoms with E-state index in [-0.39, 0.29) is 17.9 Å². The maximum Gasteiger partial charge on any atom is 0.432 e. The molecule has 0 spiro atoms. The highest BCUT2D eigenvalue weighted by molar-refractivity contribution is 7.99. The zero-order valence-corrected chi connectivity index (χ0v) is 18.3. The van der Waals surface area contributed by atoms with Gasteiger partial charge < -0.3 is 10.1 Å². The predicted molar refractivity (Wildman–Crippen MR) is 121 cm³/mol. The van der Waals surface area contributed by atoms with Crippen molar-refractivity contribution in [2.24, 2.45) is 0 Å². The van der Waals surface area contributed by atoms with Crippen molar-refractivity contribution in [3.8, 4) is 0 Å². The van der Waals surface area contributed by atoms with E-state index in [0.717, 1.165) is 12.2 Å². The Labute approximate surface area is 188 Å². The number of benzene rings is 2. The van der Waals surface area contributed by atoms with Crippen molar-refractivity contribution in [2.45, 2.75) is 19.5 Å². The maximum absolute atomic E-state index is 12.9. The Kier molecular flexibility index (Phi) is 9.45. The van der Waals surface area contributed by atoms with E-state index in [2.05, 4.69) is 12.2 Å². The minimum atomic E-state index is -4.80. The number of halogens is 4. The number of allylic oxidation sites excluding steroid dienone is 1. The number of esters is 1. The average molecular weight is 471 g/mol. The molecule has 0 aliphatic rings. The molecule has 0 heterocycles. The minimum Gasteiger partial charge on any atom is -0.461 e. The SMILES string of the molecule is CCCSCCOC(=O)c1ccc(/C(=C/C(=N)C(F)(F)F)Nc2ccccc2Cl)cc1. The molecule has 0 atom stereocenters. The van der Waals surface area contributed by atoms with Crippen molar-refractivity contribution in [3.05, 3.63) is 70.8 Å². The Morgan fingerprint density at radius 1 is 1.13 bits per heavy atom. The van der Waals surface area contributed by atoms with E-state index in [0.29, 0.717) is 28.1 Å². The van der Waals surface area contributed by atoms with Gasteiger partial charge in [0.25, 0.3) is 0 Å². The van der Waals surface area contributed by atoms with Crippen LogP contribution < -0.4 is 5.32 Å². The number of ether oxygens (including phenoxy) is 1. The molecule has 0 aliphatic carbocycles. The highest BCUT2D eigenvalue weighted by atomic mass is 35.5. The summed E-state index contributed by atoms with van der Waals surface area (Å²) < 4.78 is 44.0. The van der Waals surface area contributed by atoms with Crippen molar-refractivity contribution >= 4 is 46.4 Å². The van der Waals surface area contributed by atoms with Gasteiger partial charge in [-0.2, -0.15) is 24.9 Å². The Balaban J connectivity index is 2.20. The highest BCUT2D eigenvalue weighted by Gasteiger charge is 2.33. The van der Waals surface area contributed by atoms with Crippen LogP contribution in [0.25, 0.3) is 5.70 Å². The summed E-state index contributed by atoms with van der Waals surface area (Å²) >= 11 is 7.79. The summed E-state index contributed by atoms with van der Waals surface area (Å²) in [6, 6.07) is 12.5. The van der Waals surface area contributed by atoms with Crippen LogP contribution in [0.2, 0.25) is 5.02 Å². The van der Waals surface area contributed by atoms with E-state index >= 15 is 0 Å². The Morgan fingerprint density at radius 3 is 2.39 bits per heavy atom. The molecule has 2 aromatic carbocycles. The normalized spacial score (nSPS) is 11.8. The lowest BCUT2D eigenvalue weighted by Crippen LogP contribution is -2.20. The van der Waals surface area contributed by atoms with Crippen molar-refractivity contribution in [2.75, 3.05) is 23.4 Å². The molecule has 0 fully saturated rings. The molecule has 0 aromatic heterocycles.